The number of hydrogen-bond acceptors (Lipinski definition) is 4. The number of imidazole rings is 1. The van der Waals surface area contributed by atoms with Crippen LogP contribution in [0.15, 0.2) is 144 Å². The van der Waals surface area contributed by atoms with E-state index in [2.05, 4.69) is 168 Å². The van der Waals surface area contributed by atoms with Gasteiger partial charge in [-0.2, -0.15) is 0 Å². The molecule has 0 amide bonds. The van der Waals surface area contributed by atoms with Crippen LogP contribution < -0.4 is 5.19 Å². The van der Waals surface area contributed by atoms with Gasteiger partial charge in [0.25, 0.3) is 0 Å². The monoisotopic (exact) mass is 1050 g/mol. The van der Waals surface area contributed by atoms with E-state index in [1.54, 1.807) is 18.2 Å². The van der Waals surface area contributed by atoms with Crippen molar-refractivity contribution in [1.82, 2.24) is 19.5 Å². The SMILES string of the molecule is CC(C)c1cc(-c2ccccc2)cc(C(C)C)c1-n1c(-c2[c-]ccc3c2oc2ccccc23)nc2nc3ccccc3cc21.[2H]C([2H])([2H])c1c[c-]c(-c2cc(C(C)C)c([Si](C)(C)C)cn2)cc1.[Ir]. The molecule has 7 heteroatoms. The summed E-state index contributed by atoms with van der Waals surface area (Å²) in [5.74, 6) is 1.73. The van der Waals surface area contributed by atoms with Crippen LogP contribution in [0.3, 0.4) is 0 Å². The molecule has 0 saturated carbocycles. The van der Waals surface area contributed by atoms with Gasteiger partial charge >= 0.3 is 0 Å². The number of aryl methyl sites for hydroxylation is 1. The third-order valence-corrected chi connectivity index (χ3v) is 14.1. The summed E-state index contributed by atoms with van der Waals surface area (Å²) in [4.78, 5) is 15.0. The van der Waals surface area contributed by atoms with E-state index in [1.165, 1.54) is 33.0 Å². The van der Waals surface area contributed by atoms with Crippen molar-refractivity contribution in [3.05, 3.63) is 174 Å². The Morgan fingerprint density at radius 1 is 0.677 bits per heavy atom. The quantitative estimate of drug-likeness (QED) is 0.112. The molecule has 6 aromatic carbocycles. The average molecular weight is 1050 g/mol. The van der Waals surface area contributed by atoms with Gasteiger partial charge < -0.3 is 14.0 Å². The Labute approximate surface area is 402 Å². The van der Waals surface area contributed by atoms with Crippen LogP contribution in [0.1, 0.15) is 85.7 Å². The molecule has 4 aromatic heterocycles. The molecule has 0 aliphatic carbocycles. The summed E-state index contributed by atoms with van der Waals surface area (Å²) in [6.45, 7) is 18.4. The van der Waals surface area contributed by atoms with Gasteiger partial charge in [-0.1, -0.05) is 157 Å². The van der Waals surface area contributed by atoms with Gasteiger partial charge in [-0.25, -0.2) is 4.98 Å². The van der Waals surface area contributed by atoms with E-state index in [1.807, 2.05) is 36.5 Å². The van der Waals surface area contributed by atoms with Crippen molar-refractivity contribution in [3.8, 4) is 39.5 Å². The number of rotatable bonds is 8. The molecular formula is C58H56IrN4OSi-2. The second-order valence-electron chi connectivity index (χ2n) is 18.7. The third-order valence-electron chi connectivity index (χ3n) is 12.1. The number of fused-ring (bicyclic) bond motifs is 5. The number of furan rings is 1. The molecule has 0 unspecified atom stereocenters. The molecule has 329 valence electrons. The summed E-state index contributed by atoms with van der Waals surface area (Å²) >= 11 is 0. The standard InChI is InChI=1S/C40H32N3O.C18H24NSi.Ir/c1-24(2)32-21-28(26-13-6-5-7-14-26)22-33(25(3)4)37(32)43-35-23-27-15-8-10-19-34(27)41-39(35)42-40(43)31-18-12-17-30-29-16-9-11-20-36(29)44-38(30)31;1-13(2)16-11-17(15-9-7-14(3)8-10-15)19-12-18(16)20(4,5)6;/h5-17,19-25H,1-4H3;7-9,11-13H,1-6H3;/q2*-1;/i;3D3;. The van der Waals surface area contributed by atoms with E-state index < -0.39 is 14.9 Å². The van der Waals surface area contributed by atoms with Gasteiger partial charge in [-0.3, -0.25) is 4.98 Å². The predicted octanol–water partition coefficient (Wildman–Crippen LogP) is 15.4. The number of pyridine rings is 2. The van der Waals surface area contributed by atoms with Crippen molar-refractivity contribution in [2.24, 2.45) is 0 Å². The second-order valence-corrected chi connectivity index (χ2v) is 23.8. The van der Waals surface area contributed by atoms with E-state index in [9.17, 15) is 0 Å². The maximum atomic E-state index is 7.44. The maximum absolute atomic E-state index is 7.44. The Hall–Kier alpha value is -5.98. The van der Waals surface area contributed by atoms with Crippen LogP contribution >= 0.6 is 0 Å². The number of hydrogen-bond donors (Lipinski definition) is 0. The van der Waals surface area contributed by atoms with Crippen molar-refractivity contribution >= 4 is 57.3 Å². The summed E-state index contributed by atoms with van der Waals surface area (Å²) in [6, 6.07) is 51.8. The molecule has 0 spiro atoms. The molecule has 0 bridgehead atoms. The molecular weight excluding hydrogens is 989 g/mol. The summed E-state index contributed by atoms with van der Waals surface area (Å²) in [6.07, 6.45) is 2.00. The van der Waals surface area contributed by atoms with E-state index >= 15 is 0 Å². The zero-order valence-electron chi connectivity index (χ0n) is 41.5. The largest absolute Gasteiger partial charge is 0.501 e. The fourth-order valence-electron chi connectivity index (χ4n) is 8.78. The van der Waals surface area contributed by atoms with Crippen molar-refractivity contribution < 1.29 is 28.6 Å². The van der Waals surface area contributed by atoms with Gasteiger partial charge in [0.2, 0.25) is 0 Å². The second kappa shape index (κ2) is 18.5. The van der Waals surface area contributed by atoms with E-state index in [0.29, 0.717) is 17.1 Å². The molecule has 0 N–H and O–H groups in total. The molecule has 0 aliphatic heterocycles. The first-order valence-electron chi connectivity index (χ1n) is 23.8. The van der Waals surface area contributed by atoms with Crippen molar-refractivity contribution in [3.63, 3.8) is 0 Å². The zero-order valence-corrected chi connectivity index (χ0v) is 41.9. The molecule has 10 aromatic rings. The molecule has 0 fully saturated rings. The first-order valence-corrected chi connectivity index (χ1v) is 25.8. The number of nitrogens with zero attached hydrogens (tertiary/aromatic N) is 4. The van der Waals surface area contributed by atoms with E-state index in [0.717, 1.165) is 66.7 Å². The van der Waals surface area contributed by atoms with Gasteiger partial charge in [0.15, 0.2) is 5.65 Å². The molecule has 10 rings (SSSR count). The van der Waals surface area contributed by atoms with Crippen LogP contribution in [0.2, 0.25) is 19.6 Å². The molecule has 0 saturated heterocycles. The summed E-state index contributed by atoms with van der Waals surface area (Å²) in [7, 11) is -1.45. The summed E-state index contributed by atoms with van der Waals surface area (Å²) < 4.78 is 31.2. The van der Waals surface area contributed by atoms with Crippen LogP contribution in [0, 0.1) is 19.0 Å². The molecule has 0 atom stereocenters. The summed E-state index contributed by atoms with van der Waals surface area (Å²) in [5.41, 5.74) is 14.5. The smallest absolute Gasteiger partial charge is 0.168 e. The minimum absolute atomic E-state index is 0. The fraction of sp³-hybridized carbons (Fsp3) is 0.224. The van der Waals surface area contributed by atoms with E-state index in [-0.39, 0.29) is 31.9 Å². The molecule has 0 aliphatic rings. The van der Waals surface area contributed by atoms with Gasteiger partial charge in [-0.05, 0) is 81.2 Å². The first kappa shape index (κ1) is 41.7. The Morgan fingerprint density at radius 3 is 2.05 bits per heavy atom. The average Bonchev–Trinajstić information content (AvgIpc) is 3.88. The Bertz CT molecular complexity index is 3390. The number of para-hydroxylation sites is 2. The first-order chi connectivity index (χ1) is 32.0. The van der Waals surface area contributed by atoms with Gasteiger partial charge in [0.05, 0.1) is 30.5 Å². The van der Waals surface area contributed by atoms with Crippen molar-refractivity contribution in [2.75, 3.05) is 0 Å². The maximum Gasteiger partial charge on any atom is 0.168 e. The van der Waals surface area contributed by atoms with Gasteiger partial charge in [0.1, 0.15) is 5.58 Å². The Balaban J connectivity index is 0.000000222. The van der Waals surface area contributed by atoms with Gasteiger partial charge in [-0.15, -0.1) is 53.6 Å². The molecule has 5 nitrogen and oxygen atoms in total. The fourth-order valence-corrected chi connectivity index (χ4v) is 10.5. The Kier molecular flexibility index (Phi) is 11.9. The minimum atomic E-state index is -2.09. The van der Waals surface area contributed by atoms with Crippen molar-refractivity contribution in [1.29, 1.82) is 0 Å². The van der Waals surface area contributed by atoms with Crippen LogP contribution in [0.5, 0.6) is 0 Å². The Morgan fingerprint density at radius 2 is 1.37 bits per heavy atom. The normalized spacial score (nSPS) is 12.7. The molecule has 1 radical (unpaired) electrons. The van der Waals surface area contributed by atoms with Crippen LogP contribution in [0.25, 0.3) is 83.5 Å². The molecule has 4 heterocycles. The molecule has 65 heavy (non-hydrogen) atoms. The van der Waals surface area contributed by atoms with Gasteiger partial charge in [0, 0.05) is 46.9 Å². The van der Waals surface area contributed by atoms with Crippen LogP contribution in [0.4, 0.5) is 0 Å². The summed E-state index contributed by atoms with van der Waals surface area (Å²) in [5, 5.41) is 4.60. The minimum Gasteiger partial charge on any atom is -0.501 e. The third kappa shape index (κ3) is 8.90. The topological polar surface area (TPSA) is 56.7 Å². The number of benzene rings is 6. The van der Waals surface area contributed by atoms with E-state index in [4.69, 9.17) is 18.5 Å². The van der Waals surface area contributed by atoms with Crippen LogP contribution in [-0.4, -0.2) is 27.6 Å². The zero-order chi connectivity index (χ0) is 47.4. The number of aromatic nitrogens is 4. The van der Waals surface area contributed by atoms with Crippen LogP contribution in [-0.2, 0) is 20.1 Å². The van der Waals surface area contributed by atoms with Crippen molar-refractivity contribution in [2.45, 2.75) is 85.8 Å². The predicted molar refractivity (Wildman–Crippen MR) is 272 cm³/mol.